The molecule has 198 valence electrons. The summed E-state index contributed by atoms with van der Waals surface area (Å²) < 4.78 is 70.1. The molecule has 1 amide bonds. The number of anilines is 1. The number of thiazole rings is 1. The highest BCUT2D eigenvalue weighted by atomic mass is 32.1. The molecule has 13 heteroatoms. The lowest BCUT2D eigenvalue weighted by atomic mass is 10.1. The molecule has 7 nitrogen and oxygen atoms in total. The molecule has 1 aliphatic heterocycles. The zero-order valence-corrected chi connectivity index (χ0v) is 20.6. The Labute approximate surface area is 209 Å². The van der Waals surface area contributed by atoms with Gasteiger partial charge in [-0.25, -0.2) is 23.5 Å². The Balaban J connectivity index is 0.00000112. The Bertz CT molecular complexity index is 1070. The number of alkyl halides is 5. The van der Waals surface area contributed by atoms with E-state index < -0.39 is 42.4 Å². The Hall–Kier alpha value is -2.83. The van der Waals surface area contributed by atoms with Crippen LogP contribution in [-0.4, -0.2) is 58.7 Å². The van der Waals surface area contributed by atoms with Crippen molar-refractivity contribution in [2.75, 3.05) is 25.0 Å². The van der Waals surface area contributed by atoms with Crippen molar-refractivity contribution in [2.45, 2.75) is 64.6 Å². The molecule has 0 aromatic carbocycles. The number of carbonyl (C=O) groups excluding carboxylic acids is 2. The first kappa shape index (κ1) is 27.8. The van der Waals surface area contributed by atoms with Crippen LogP contribution in [0.4, 0.5) is 27.8 Å². The lowest BCUT2D eigenvalue weighted by molar-refractivity contribution is -0.115. The minimum Gasteiger partial charge on any atom is -0.461 e. The van der Waals surface area contributed by atoms with Crippen LogP contribution in [0.3, 0.4) is 0 Å². The number of nitrogens with zero attached hydrogens (tertiary/aromatic N) is 3. The third-order valence-electron chi connectivity index (χ3n) is 5.33. The van der Waals surface area contributed by atoms with Gasteiger partial charge in [0.25, 0.3) is 12.3 Å². The lowest BCUT2D eigenvalue weighted by Gasteiger charge is -2.21. The van der Waals surface area contributed by atoms with Crippen LogP contribution >= 0.6 is 11.3 Å². The summed E-state index contributed by atoms with van der Waals surface area (Å²) in [7, 11) is 0. The minimum absolute atomic E-state index is 0.0210. The zero-order valence-electron chi connectivity index (χ0n) is 19.8. The fourth-order valence-corrected chi connectivity index (χ4v) is 4.41. The molecule has 2 fully saturated rings. The summed E-state index contributed by atoms with van der Waals surface area (Å²) in [6.07, 6.45) is -0.674. The number of pyridine rings is 1. The van der Waals surface area contributed by atoms with Crippen LogP contribution in [0, 0.1) is 0 Å². The summed E-state index contributed by atoms with van der Waals surface area (Å²) in [4.78, 5) is 34.8. The maximum atomic E-state index is 13.9. The maximum absolute atomic E-state index is 13.9. The van der Waals surface area contributed by atoms with Gasteiger partial charge in [0.05, 0.1) is 11.5 Å². The number of hydrogen-bond donors (Lipinski definition) is 1. The van der Waals surface area contributed by atoms with E-state index in [-0.39, 0.29) is 33.8 Å². The third kappa shape index (κ3) is 7.34. The number of esters is 1. The number of likely N-dealkylation sites (tertiary alicyclic amines) is 1. The Morgan fingerprint density at radius 2 is 1.94 bits per heavy atom. The highest BCUT2D eigenvalue weighted by Crippen LogP contribution is 2.39. The minimum atomic E-state index is -4.57. The summed E-state index contributed by atoms with van der Waals surface area (Å²) in [6.45, 7) is 2.47. The first-order valence-corrected chi connectivity index (χ1v) is 12.4. The highest BCUT2D eigenvalue weighted by molar-refractivity contribution is 7.17. The normalized spacial score (nSPS) is 17.0. The van der Waals surface area contributed by atoms with E-state index in [1.807, 2.05) is 12.2 Å². The van der Waals surface area contributed by atoms with Gasteiger partial charge in [0.2, 0.25) is 5.01 Å². The van der Waals surface area contributed by atoms with Crippen LogP contribution in [0.5, 0.6) is 0 Å². The van der Waals surface area contributed by atoms with Crippen LogP contribution in [-0.2, 0) is 4.74 Å². The van der Waals surface area contributed by atoms with Gasteiger partial charge in [-0.2, -0.15) is 13.2 Å². The zero-order chi connectivity index (χ0) is 26.5. The molecule has 2 aromatic heterocycles. The van der Waals surface area contributed by atoms with Gasteiger partial charge in [-0.05, 0) is 32.8 Å². The monoisotopic (exact) mass is 534 g/mol. The predicted octanol–water partition coefficient (Wildman–Crippen LogP) is 6.09. The fourth-order valence-electron chi connectivity index (χ4n) is 3.43. The number of rotatable bonds is 7. The summed E-state index contributed by atoms with van der Waals surface area (Å²) in [5.41, 5.74) is -1.03. The van der Waals surface area contributed by atoms with Gasteiger partial charge in [0, 0.05) is 29.9 Å². The van der Waals surface area contributed by atoms with Crippen LogP contribution in [0.15, 0.2) is 12.3 Å². The first-order valence-electron chi connectivity index (χ1n) is 11.6. The number of hydrogen-bond acceptors (Lipinski definition) is 7. The second kappa shape index (κ2) is 11.9. The molecule has 1 N–H and O–H groups in total. The van der Waals surface area contributed by atoms with Crippen molar-refractivity contribution in [3.63, 3.8) is 0 Å². The smallest absolute Gasteiger partial charge is 0.405 e. The number of amides is 1. The SMILES string of the molecule is C1CC1.CCOC(=O)c1nc(C(=O)N2CCCC2C)c(-c2cnc(NCC(F)(F)F)cc2C(F)F)s1. The average molecular weight is 535 g/mol. The Morgan fingerprint density at radius 1 is 1.25 bits per heavy atom. The molecule has 1 unspecified atom stereocenters. The van der Waals surface area contributed by atoms with Crippen molar-refractivity contribution in [3.05, 3.63) is 28.5 Å². The van der Waals surface area contributed by atoms with Gasteiger partial charge in [-0.15, -0.1) is 11.3 Å². The van der Waals surface area contributed by atoms with Crippen LogP contribution in [0.1, 0.15) is 78.2 Å². The summed E-state index contributed by atoms with van der Waals surface area (Å²) in [5.74, 6) is -1.74. The number of halogens is 5. The lowest BCUT2D eigenvalue weighted by Crippen LogP contribution is -2.34. The molecular weight excluding hydrogens is 507 g/mol. The topological polar surface area (TPSA) is 84.4 Å². The van der Waals surface area contributed by atoms with Crippen LogP contribution < -0.4 is 5.32 Å². The van der Waals surface area contributed by atoms with Gasteiger partial charge in [-0.1, -0.05) is 19.3 Å². The van der Waals surface area contributed by atoms with Crippen LogP contribution in [0.2, 0.25) is 0 Å². The molecule has 1 saturated heterocycles. The molecule has 3 heterocycles. The van der Waals surface area contributed by atoms with Gasteiger partial charge >= 0.3 is 12.1 Å². The number of carbonyl (C=O) groups is 2. The van der Waals surface area contributed by atoms with Crippen molar-refractivity contribution < 1.29 is 36.3 Å². The predicted molar refractivity (Wildman–Crippen MR) is 124 cm³/mol. The van der Waals surface area contributed by atoms with Crippen molar-refractivity contribution in [1.82, 2.24) is 14.9 Å². The summed E-state index contributed by atoms with van der Waals surface area (Å²) >= 11 is 0.697. The van der Waals surface area contributed by atoms with Crippen molar-refractivity contribution in [3.8, 4) is 10.4 Å². The molecule has 0 spiro atoms. The van der Waals surface area contributed by atoms with Crippen molar-refractivity contribution in [2.24, 2.45) is 0 Å². The van der Waals surface area contributed by atoms with E-state index in [0.717, 1.165) is 25.1 Å². The third-order valence-corrected chi connectivity index (χ3v) is 6.40. The van der Waals surface area contributed by atoms with E-state index in [9.17, 15) is 31.5 Å². The standard InChI is InChI=1S/C20H21F5N4O3S.C3H6/c1-3-32-19(31)17-28-14(18(30)29-6-4-5-10(29)2)15(33-17)12-8-26-13(7-11(12)16(21)22)27-9-20(23,24)25;1-2-3-1/h7-8,10,16H,3-6,9H2,1-2H3,(H,26,27);1-3H2. The molecule has 0 radical (unpaired) electrons. The van der Waals surface area contributed by atoms with Gasteiger partial charge in [-0.3, -0.25) is 4.79 Å². The van der Waals surface area contributed by atoms with E-state index in [1.165, 1.54) is 19.3 Å². The Morgan fingerprint density at radius 3 is 2.47 bits per heavy atom. The molecule has 1 saturated carbocycles. The molecule has 1 atom stereocenters. The van der Waals surface area contributed by atoms with E-state index >= 15 is 0 Å². The largest absolute Gasteiger partial charge is 0.461 e. The average Bonchev–Trinajstić information content (AvgIpc) is 3.54. The maximum Gasteiger partial charge on any atom is 0.405 e. The summed E-state index contributed by atoms with van der Waals surface area (Å²) in [6, 6.07) is 0.696. The summed E-state index contributed by atoms with van der Waals surface area (Å²) in [5, 5.41) is 1.76. The first-order chi connectivity index (χ1) is 17.0. The quantitative estimate of drug-likeness (QED) is 0.342. The molecule has 2 aliphatic rings. The second-order valence-corrected chi connectivity index (χ2v) is 9.39. The van der Waals surface area contributed by atoms with E-state index in [4.69, 9.17) is 4.74 Å². The Kier molecular flexibility index (Phi) is 9.20. The highest BCUT2D eigenvalue weighted by Gasteiger charge is 2.33. The van der Waals surface area contributed by atoms with Crippen molar-refractivity contribution in [1.29, 1.82) is 0 Å². The number of ether oxygens (including phenoxy) is 1. The molecule has 2 aromatic rings. The van der Waals surface area contributed by atoms with Gasteiger partial charge < -0.3 is 15.0 Å². The number of aromatic nitrogens is 2. The molecular formula is C23H27F5N4O3S. The van der Waals surface area contributed by atoms with Gasteiger partial charge in [0.15, 0.2) is 0 Å². The van der Waals surface area contributed by atoms with Crippen LogP contribution in [0.25, 0.3) is 10.4 Å². The van der Waals surface area contributed by atoms with E-state index in [0.29, 0.717) is 17.9 Å². The molecule has 36 heavy (non-hydrogen) atoms. The van der Waals surface area contributed by atoms with Gasteiger partial charge in [0.1, 0.15) is 18.1 Å². The molecule has 1 aliphatic carbocycles. The van der Waals surface area contributed by atoms with E-state index in [1.54, 1.807) is 11.8 Å². The number of nitrogens with one attached hydrogen (secondary N) is 1. The molecule has 4 rings (SSSR count). The fraction of sp³-hybridized carbons (Fsp3) is 0.565. The van der Waals surface area contributed by atoms with E-state index in [2.05, 4.69) is 9.97 Å². The molecule has 0 bridgehead atoms. The van der Waals surface area contributed by atoms with Crippen molar-refractivity contribution >= 4 is 29.0 Å². The second-order valence-electron chi connectivity index (χ2n) is 8.39.